The Morgan fingerprint density at radius 2 is 1.86 bits per heavy atom. The number of nitrogens with one attached hydrogen (secondary N) is 2. The monoisotopic (exact) mass is 368 g/mol. The zero-order valence-corrected chi connectivity index (χ0v) is 13.8. The van der Waals surface area contributed by atoms with Gasteiger partial charge in [0.1, 0.15) is 4.90 Å². The van der Waals surface area contributed by atoms with Crippen LogP contribution >= 0.6 is 34.8 Å². The van der Waals surface area contributed by atoms with Gasteiger partial charge in [0.05, 0.1) is 27.1 Å². The van der Waals surface area contributed by atoms with Gasteiger partial charge in [0.25, 0.3) is 10.0 Å². The van der Waals surface area contributed by atoms with Crippen molar-refractivity contribution in [2.75, 3.05) is 4.72 Å². The fourth-order valence-electron chi connectivity index (χ4n) is 1.79. The zero-order chi connectivity index (χ0) is 15.8. The number of nitrogens with two attached hydrogens (primary N) is 1. The SMILES string of the molecule is Cc1[nH]nc(CN)c1S(=O)(=O)Nc1c(Cl)cc(Cl)cc1Cl. The number of aromatic amines is 1. The van der Waals surface area contributed by atoms with Gasteiger partial charge < -0.3 is 5.73 Å². The first-order valence-electron chi connectivity index (χ1n) is 5.67. The molecule has 0 radical (unpaired) electrons. The largest absolute Gasteiger partial charge is 0.325 e. The Bertz CT molecular complexity index is 766. The van der Waals surface area contributed by atoms with E-state index < -0.39 is 10.0 Å². The number of sulfonamides is 1. The molecule has 21 heavy (non-hydrogen) atoms. The predicted molar refractivity (Wildman–Crippen MR) is 83.5 cm³/mol. The van der Waals surface area contributed by atoms with Crippen molar-refractivity contribution in [1.29, 1.82) is 0 Å². The average molecular weight is 370 g/mol. The lowest BCUT2D eigenvalue weighted by molar-refractivity contribution is 0.599. The number of aromatic nitrogens is 2. The van der Waals surface area contributed by atoms with Crippen LogP contribution in [0.15, 0.2) is 17.0 Å². The minimum Gasteiger partial charge on any atom is -0.325 e. The van der Waals surface area contributed by atoms with Gasteiger partial charge in [0.2, 0.25) is 0 Å². The lowest BCUT2D eigenvalue weighted by Gasteiger charge is -2.12. The van der Waals surface area contributed by atoms with Crippen LogP contribution < -0.4 is 10.5 Å². The lowest BCUT2D eigenvalue weighted by atomic mass is 10.3. The molecule has 1 aromatic heterocycles. The molecule has 4 N–H and O–H groups in total. The van der Waals surface area contributed by atoms with Gasteiger partial charge in [-0.2, -0.15) is 5.10 Å². The Labute approximate surface area is 136 Å². The highest BCUT2D eigenvalue weighted by molar-refractivity contribution is 7.92. The summed E-state index contributed by atoms with van der Waals surface area (Å²) in [5.41, 5.74) is 6.13. The Balaban J connectivity index is 2.50. The second kappa shape index (κ2) is 6.02. The Morgan fingerprint density at radius 3 is 2.38 bits per heavy atom. The van der Waals surface area contributed by atoms with Gasteiger partial charge in [-0.3, -0.25) is 9.82 Å². The molecule has 0 saturated heterocycles. The molecule has 0 amide bonds. The summed E-state index contributed by atoms with van der Waals surface area (Å²) in [6.45, 7) is 1.55. The van der Waals surface area contributed by atoms with Gasteiger partial charge in [-0.15, -0.1) is 0 Å². The van der Waals surface area contributed by atoms with Crippen molar-refractivity contribution >= 4 is 50.5 Å². The van der Waals surface area contributed by atoms with Crippen molar-refractivity contribution in [3.8, 4) is 0 Å². The normalized spacial score (nSPS) is 11.7. The number of rotatable bonds is 4. The lowest BCUT2D eigenvalue weighted by Crippen LogP contribution is -2.17. The van der Waals surface area contributed by atoms with E-state index in [1.165, 1.54) is 12.1 Å². The van der Waals surface area contributed by atoms with Crippen LogP contribution in [0.25, 0.3) is 0 Å². The van der Waals surface area contributed by atoms with E-state index in [9.17, 15) is 8.42 Å². The molecule has 0 aliphatic rings. The van der Waals surface area contributed by atoms with Crippen molar-refractivity contribution < 1.29 is 8.42 Å². The molecule has 0 unspecified atom stereocenters. The molecule has 0 aliphatic heterocycles. The van der Waals surface area contributed by atoms with Crippen LogP contribution in [0.3, 0.4) is 0 Å². The van der Waals surface area contributed by atoms with Gasteiger partial charge in [-0.05, 0) is 19.1 Å². The number of benzene rings is 1. The number of halogens is 3. The summed E-state index contributed by atoms with van der Waals surface area (Å²) in [5, 5.41) is 6.91. The quantitative estimate of drug-likeness (QED) is 0.771. The summed E-state index contributed by atoms with van der Waals surface area (Å²) in [6.07, 6.45) is 0. The molecule has 0 atom stereocenters. The van der Waals surface area contributed by atoms with Gasteiger partial charge in [0, 0.05) is 11.6 Å². The van der Waals surface area contributed by atoms with E-state index in [4.69, 9.17) is 40.5 Å². The average Bonchev–Trinajstić information content (AvgIpc) is 2.76. The first-order chi connectivity index (χ1) is 9.76. The molecule has 2 rings (SSSR count). The van der Waals surface area contributed by atoms with E-state index >= 15 is 0 Å². The van der Waals surface area contributed by atoms with Crippen LogP contribution in [0.1, 0.15) is 11.4 Å². The van der Waals surface area contributed by atoms with Crippen molar-refractivity contribution in [2.24, 2.45) is 5.73 Å². The number of hydrogen-bond acceptors (Lipinski definition) is 4. The number of aryl methyl sites for hydroxylation is 1. The third kappa shape index (κ3) is 3.27. The van der Waals surface area contributed by atoms with Gasteiger partial charge >= 0.3 is 0 Å². The van der Waals surface area contributed by atoms with Crippen LogP contribution in [-0.4, -0.2) is 18.6 Å². The molecule has 0 fully saturated rings. The van der Waals surface area contributed by atoms with Gasteiger partial charge in [0.15, 0.2) is 0 Å². The molecule has 1 aromatic carbocycles. The number of anilines is 1. The molecule has 1 heterocycles. The van der Waals surface area contributed by atoms with E-state index in [2.05, 4.69) is 14.9 Å². The Morgan fingerprint density at radius 1 is 1.29 bits per heavy atom. The molecular formula is C11H11Cl3N4O2S. The number of hydrogen-bond donors (Lipinski definition) is 3. The molecule has 10 heteroatoms. The molecule has 2 aromatic rings. The van der Waals surface area contributed by atoms with E-state index in [1.54, 1.807) is 6.92 Å². The highest BCUT2D eigenvalue weighted by Crippen LogP contribution is 2.35. The van der Waals surface area contributed by atoms with Crippen LogP contribution in [0.4, 0.5) is 5.69 Å². The second-order valence-electron chi connectivity index (χ2n) is 4.18. The fraction of sp³-hybridized carbons (Fsp3) is 0.182. The summed E-state index contributed by atoms with van der Waals surface area (Å²) in [7, 11) is -3.94. The first kappa shape index (κ1) is 16.4. The standard InChI is InChI=1S/C11H11Cl3N4O2S/c1-5-11(9(4-15)17-16-5)21(19,20)18-10-7(13)2-6(12)3-8(10)14/h2-3,18H,4,15H2,1H3,(H,16,17). The molecular weight excluding hydrogens is 359 g/mol. The topological polar surface area (TPSA) is 101 Å². The highest BCUT2D eigenvalue weighted by Gasteiger charge is 2.25. The maximum Gasteiger partial charge on any atom is 0.265 e. The Hall–Kier alpha value is -0.990. The minimum absolute atomic E-state index is 0.0212. The molecule has 0 aliphatic carbocycles. The molecule has 114 valence electrons. The number of nitrogens with zero attached hydrogens (tertiary/aromatic N) is 1. The van der Waals surface area contributed by atoms with Crippen LogP contribution in [-0.2, 0) is 16.6 Å². The van der Waals surface area contributed by atoms with E-state index in [1.807, 2.05) is 0 Å². The summed E-state index contributed by atoms with van der Waals surface area (Å²) in [4.78, 5) is -0.0212. The van der Waals surface area contributed by atoms with Crippen LogP contribution in [0.2, 0.25) is 15.1 Å². The first-order valence-corrected chi connectivity index (χ1v) is 8.29. The maximum atomic E-state index is 12.5. The van der Waals surface area contributed by atoms with Crippen molar-refractivity contribution in [3.05, 3.63) is 38.6 Å². The molecule has 0 bridgehead atoms. The highest BCUT2D eigenvalue weighted by atomic mass is 35.5. The van der Waals surface area contributed by atoms with Crippen LogP contribution in [0.5, 0.6) is 0 Å². The Kier molecular flexibility index (Phi) is 4.69. The smallest absolute Gasteiger partial charge is 0.265 e. The fourth-order valence-corrected chi connectivity index (χ4v) is 4.29. The second-order valence-corrected chi connectivity index (χ2v) is 7.05. The summed E-state index contributed by atoms with van der Waals surface area (Å²) < 4.78 is 27.3. The minimum atomic E-state index is -3.94. The maximum absolute atomic E-state index is 12.5. The third-order valence-electron chi connectivity index (χ3n) is 2.67. The van der Waals surface area contributed by atoms with E-state index in [0.29, 0.717) is 10.7 Å². The molecule has 6 nitrogen and oxygen atoms in total. The summed E-state index contributed by atoms with van der Waals surface area (Å²) in [6, 6.07) is 2.78. The van der Waals surface area contributed by atoms with Gasteiger partial charge in [-0.25, -0.2) is 8.42 Å². The summed E-state index contributed by atoms with van der Waals surface area (Å²) in [5.74, 6) is 0. The van der Waals surface area contributed by atoms with Gasteiger partial charge in [-0.1, -0.05) is 34.8 Å². The number of H-pyrrole nitrogens is 1. The van der Waals surface area contributed by atoms with E-state index in [0.717, 1.165) is 0 Å². The summed E-state index contributed by atoms with van der Waals surface area (Å²) >= 11 is 17.7. The zero-order valence-electron chi connectivity index (χ0n) is 10.7. The molecule has 0 saturated carbocycles. The predicted octanol–water partition coefficient (Wildman–Crippen LogP) is 2.94. The van der Waals surface area contributed by atoms with Crippen molar-refractivity contribution in [3.63, 3.8) is 0 Å². The van der Waals surface area contributed by atoms with Crippen molar-refractivity contribution in [2.45, 2.75) is 18.4 Å². The van der Waals surface area contributed by atoms with Crippen LogP contribution in [0, 0.1) is 6.92 Å². The van der Waals surface area contributed by atoms with E-state index in [-0.39, 0.29) is 32.9 Å². The third-order valence-corrected chi connectivity index (χ3v) is 5.03. The molecule has 0 spiro atoms. The van der Waals surface area contributed by atoms with Crippen molar-refractivity contribution in [1.82, 2.24) is 10.2 Å².